The highest BCUT2D eigenvalue weighted by Gasteiger charge is 2.21. The van der Waals surface area contributed by atoms with E-state index >= 15 is 0 Å². The Morgan fingerprint density at radius 2 is 2.11 bits per heavy atom. The van der Waals surface area contributed by atoms with Crippen molar-refractivity contribution in [2.45, 2.75) is 13.3 Å². The Balaban J connectivity index is 2.05. The highest BCUT2D eigenvalue weighted by molar-refractivity contribution is 6.11. The van der Waals surface area contributed by atoms with E-state index in [1.807, 2.05) is 31.2 Å². The molecule has 2 aromatic rings. The Bertz CT molecular complexity index is 662. The predicted octanol–water partition coefficient (Wildman–Crippen LogP) is 2.74. The Morgan fingerprint density at radius 3 is 2.89 bits per heavy atom. The molecule has 0 aliphatic carbocycles. The average Bonchev–Trinajstić information content (AvgIpc) is 2.89. The maximum atomic E-state index is 12.5. The highest BCUT2D eigenvalue weighted by atomic mass is 16.5. The Hall–Kier alpha value is -2.29. The van der Waals surface area contributed by atoms with Gasteiger partial charge in [-0.05, 0) is 42.3 Å². The van der Waals surface area contributed by atoms with Crippen molar-refractivity contribution in [1.29, 1.82) is 0 Å². The molecular formula is C16H15NO2. The zero-order chi connectivity index (χ0) is 13.4. The molecule has 3 rings (SSSR count). The number of para-hydroxylation sites is 1. The largest absolute Gasteiger partial charge is 0.492 e. The van der Waals surface area contributed by atoms with Crippen LogP contribution in [0, 0.1) is 6.92 Å². The van der Waals surface area contributed by atoms with E-state index in [-0.39, 0.29) is 5.78 Å². The van der Waals surface area contributed by atoms with Gasteiger partial charge in [0.1, 0.15) is 5.75 Å². The minimum atomic E-state index is -0.0122. The third-order valence-corrected chi connectivity index (χ3v) is 3.49. The summed E-state index contributed by atoms with van der Waals surface area (Å²) in [6.07, 6.45) is 0.872. The van der Waals surface area contributed by atoms with Crippen LogP contribution in [0.15, 0.2) is 36.4 Å². The van der Waals surface area contributed by atoms with Gasteiger partial charge in [0, 0.05) is 17.7 Å². The molecule has 0 saturated carbocycles. The zero-order valence-electron chi connectivity index (χ0n) is 10.8. The van der Waals surface area contributed by atoms with Crippen molar-refractivity contribution in [2.24, 2.45) is 0 Å². The first-order valence-corrected chi connectivity index (χ1v) is 6.32. The smallest absolute Gasteiger partial charge is 0.196 e. The molecule has 0 aromatic heterocycles. The molecule has 2 aromatic carbocycles. The van der Waals surface area contributed by atoms with E-state index in [4.69, 9.17) is 10.5 Å². The Kier molecular flexibility index (Phi) is 2.75. The summed E-state index contributed by atoms with van der Waals surface area (Å²) in [4.78, 5) is 12.5. The molecular weight excluding hydrogens is 238 g/mol. The number of carbonyl (C=O) groups excluding carboxylic acids is 1. The second-order valence-corrected chi connectivity index (χ2v) is 4.79. The molecule has 3 heteroatoms. The van der Waals surface area contributed by atoms with Crippen LogP contribution < -0.4 is 10.5 Å². The van der Waals surface area contributed by atoms with Gasteiger partial charge in [-0.25, -0.2) is 0 Å². The lowest BCUT2D eigenvalue weighted by molar-refractivity contribution is 0.103. The fourth-order valence-corrected chi connectivity index (χ4v) is 2.37. The summed E-state index contributed by atoms with van der Waals surface area (Å²) in [7, 11) is 0. The first kappa shape index (κ1) is 11.8. The third-order valence-electron chi connectivity index (χ3n) is 3.49. The lowest BCUT2D eigenvalue weighted by atomic mass is 9.98. The van der Waals surface area contributed by atoms with Gasteiger partial charge >= 0.3 is 0 Å². The number of hydrogen-bond acceptors (Lipinski definition) is 3. The van der Waals surface area contributed by atoms with Crippen LogP contribution in [-0.2, 0) is 6.42 Å². The summed E-state index contributed by atoms with van der Waals surface area (Å²) >= 11 is 0. The summed E-state index contributed by atoms with van der Waals surface area (Å²) in [6, 6.07) is 11.1. The van der Waals surface area contributed by atoms with Gasteiger partial charge in [0.25, 0.3) is 0 Å². The van der Waals surface area contributed by atoms with E-state index in [1.54, 1.807) is 12.1 Å². The molecule has 0 saturated heterocycles. The number of hydrogen-bond donors (Lipinski definition) is 1. The molecule has 1 heterocycles. The van der Waals surface area contributed by atoms with Crippen molar-refractivity contribution in [3.63, 3.8) is 0 Å². The number of fused-ring (bicyclic) bond motifs is 1. The maximum absolute atomic E-state index is 12.5. The standard InChI is InChI=1S/C16H15NO2/c1-10-9-12(5-6-14(10)17)15(18)13-4-2-3-11-7-8-19-16(11)13/h2-6,9H,7-8,17H2,1H3. The van der Waals surface area contributed by atoms with Gasteiger partial charge in [-0.15, -0.1) is 0 Å². The Labute approximate surface area is 112 Å². The molecule has 0 radical (unpaired) electrons. The first-order valence-electron chi connectivity index (χ1n) is 6.32. The quantitative estimate of drug-likeness (QED) is 0.661. The number of benzene rings is 2. The molecule has 0 fully saturated rings. The number of rotatable bonds is 2. The van der Waals surface area contributed by atoms with Gasteiger partial charge in [0.05, 0.1) is 12.2 Å². The molecule has 0 bridgehead atoms. The van der Waals surface area contributed by atoms with Crippen molar-refractivity contribution >= 4 is 11.5 Å². The molecule has 0 amide bonds. The monoisotopic (exact) mass is 253 g/mol. The fourth-order valence-electron chi connectivity index (χ4n) is 2.37. The van der Waals surface area contributed by atoms with Crippen molar-refractivity contribution < 1.29 is 9.53 Å². The van der Waals surface area contributed by atoms with E-state index in [0.29, 0.717) is 23.4 Å². The minimum Gasteiger partial charge on any atom is -0.492 e. The van der Waals surface area contributed by atoms with Crippen molar-refractivity contribution in [3.05, 3.63) is 58.7 Å². The molecule has 0 spiro atoms. The molecule has 0 unspecified atom stereocenters. The van der Waals surface area contributed by atoms with E-state index in [1.165, 1.54) is 0 Å². The Morgan fingerprint density at radius 1 is 1.26 bits per heavy atom. The molecule has 0 atom stereocenters. The van der Waals surface area contributed by atoms with Crippen LogP contribution in [0.25, 0.3) is 0 Å². The minimum absolute atomic E-state index is 0.0122. The van der Waals surface area contributed by atoms with Crippen LogP contribution in [0.3, 0.4) is 0 Å². The van der Waals surface area contributed by atoms with Crippen LogP contribution in [0.4, 0.5) is 5.69 Å². The van der Waals surface area contributed by atoms with Gasteiger partial charge in [-0.2, -0.15) is 0 Å². The van der Waals surface area contributed by atoms with Crippen LogP contribution in [0.1, 0.15) is 27.0 Å². The lowest BCUT2D eigenvalue weighted by Gasteiger charge is -2.08. The number of ketones is 1. The van der Waals surface area contributed by atoms with Gasteiger partial charge in [-0.1, -0.05) is 12.1 Å². The number of nitrogens with two attached hydrogens (primary N) is 1. The van der Waals surface area contributed by atoms with Crippen LogP contribution >= 0.6 is 0 Å². The van der Waals surface area contributed by atoms with Gasteiger partial charge < -0.3 is 10.5 Å². The fraction of sp³-hybridized carbons (Fsp3) is 0.188. The van der Waals surface area contributed by atoms with Crippen molar-refractivity contribution in [2.75, 3.05) is 12.3 Å². The maximum Gasteiger partial charge on any atom is 0.196 e. The molecule has 1 aliphatic rings. The summed E-state index contributed by atoms with van der Waals surface area (Å²) in [5, 5.41) is 0. The normalized spacial score (nSPS) is 12.9. The summed E-state index contributed by atoms with van der Waals surface area (Å²) in [5.74, 6) is 0.726. The van der Waals surface area contributed by atoms with Crippen LogP contribution in [0.5, 0.6) is 5.75 Å². The van der Waals surface area contributed by atoms with E-state index in [2.05, 4.69) is 0 Å². The van der Waals surface area contributed by atoms with E-state index < -0.39 is 0 Å². The molecule has 2 N–H and O–H groups in total. The van der Waals surface area contributed by atoms with Crippen molar-refractivity contribution in [1.82, 2.24) is 0 Å². The summed E-state index contributed by atoms with van der Waals surface area (Å²) in [6.45, 7) is 2.55. The van der Waals surface area contributed by atoms with Gasteiger partial charge in [0.2, 0.25) is 0 Å². The van der Waals surface area contributed by atoms with Gasteiger partial charge in [-0.3, -0.25) is 4.79 Å². The lowest BCUT2D eigenvalue weighted by Crippen LogP contribution is -2.04. The topological polar surface area (TPSA) is 52.3 Å². The molecule has 19 heavy (non-hydrogen) atoms. The second-order valence-electron chi connectivity index (χ2n) is 4.79. The average molecular weight is 253 g/mol. The van der Waals surface area contributed by atoms with Crippen LogP contribution in [0.2, 0.25) is 0 Å². The predicted molar refractivity (Wildman–Crippen MR) is 74.7 cm³/mol. The highest BCUT2D eigenvalue weighted by Crippen LogP contribution is 2.31. The number of nitrogen functional groups attached to an aromatic ring is 1. The number of ether oxygens (including phenoxy) is 1. The SMILES string of the molecule is Cc1cc(C(=O)c2cccc3c2OCC3)ccc1N. The number of aryl methyl sites for hydroxylation is 1. The second kappa shape index (κ2) is 4.43. The molecule has 1 aliphatic heterocycles. The molecule has 96 valence electrons. The first-order chi connectivity index (χ1) is 9.16. The van der Waals surface area contributed by atoms with Gasteiger partial charge in [0.15, 0.2) is 5.78 Å². The number of anilines is 1. The number of carbonyl (C=O) groups is 1. The van der Waals surface area contributed by atoms with E-state index in [0.717, 1.165) is 23.3 Å². The zero-order valence-corrected chi connectivity index (χ0v) is 10.8. The van der Waals surface area contributed by atoms with Crippen molar-refractivity contribution in [3.8, 4) is 5.75 Å². The van der Waals surface area contributed by atoms with E-state index in [9.17, 15) is 4.79 Å². The molecule has 3 nitrogen and oxygen atoms in total. The summed E-state index contributed by atoms with van der Waals surface area (Å²) < 4.78 is 5.58. The summed E-state index contributed by atoms with van der Waals surface area (Å²) in [5.41, 5.74) is 9.79. The third kappa shape index (κ3) is 1.97. The van der Waals surface area contributed by atoms with Crippen LogP contribution in [-0.4, -0.2) is 12.4 Å².